The number of carbonyl (C=O) groups is 1. The van der Waals surface area contributed by atoms with Crippen molar-refractivity contribution in [1.82, 2.24) is 0 Å². The summed E-state index contributed by atoms with van der Waals surface area (Å²) < 4.78 is 4.95. The van der Waals surface area contributed by atoms with Crippen LogP contribution in [0.2, 0.25) is 0 Å². The van der Waals surface area contributed by atoms with Gasteiger partial charge in [-0.05, 0) is 51.4 Å². The third-order valence-electron chi connectivity index (χ3n) is 6.24. The van der Waals surface area contributed by atoms with Crippen molar-refractivity contribution in [1.29, 1.82) is 0 Å². The van der Waals surface area contributed by atoms with Crippen molar-refractivity contribution in [3.05, 3.63) is 11.6 Å². The zero-order valence-electron chi connectivity index (χ0n) is 18.5. The number of carbonyl (C=O) groups excluding carboxylic acids is 1. The summed E-state index contributed by atoms with van der Waals surface area (Å²) in [6.45, 7) is 6.66. The van der Waals surface area contributed by atoms with E-state index in [1.807, 2.05) is 6.92 Å². The quantitative estimate of drug-likeness (QED) is 0.216. The van der Waals surface area contributed by atoms with E-state index < -0.39 is 0 Å². The number of hydrogen-bond donors (Lipinski definition) is 2. The number of aliphatic hydroxyl groups is 2. The van der Waals surface area contributed by atoms with Crippen molar-refractivity contribution in [3.63, 3.8) is 0 Å². The van der Waals surface area contributed by atoms with E-state index in [2.05, 4.69) is 19.9 Å². The fourth-order valence-corrected chi connectivity index (χ4v) is 4.40. The molecule has 1 rings (SSSR count). The van der Waals surface area contributed by atoms with Crippen LogP contribution in [-0.2, 0) is 9.53 Å². The molecule has 164 valence electrons. The van der Waals surface area contributed by atoms with Gasteiger partial charge in [0.15, 0.2) is 0 Å². The second-order valence-electron chi connectivity index (χ2n) is 8.36. The van der Waals surface area contributed by atoms with E-state index in [1.165, 1.54) is 18.4 Å². The van der Waals surface area contributed by atoms with Gasteiger partial charge in [0.05, 0.1) is 18.8 Å². The number of esters is 1. The van der Waals surface area contributed by atoms with Crippen molar-refractivity contribution >= 4 is 5.97 Å². The second-order valence-corrected chi connectivity index (χ2v) is 8.36. The molecule has 0 radical (unpaired) electrons. The molecule has 1 aliphatic carbocycles. The summed E-state index contributed by atoms with van der Waals surface area (Å²) in [4.78, 5) is 11.3. The molecule has 1 fully saturated rings. The maximum absolute atomic E-state index is 11.3. The standard InChI is InChI=1S/C24H44O4/c1-4-7-12-19(5-2)22(25)17-15-20-16-18-23(26)21(20)13-10-8-9-11-14-24(27)28-6-3/h15,19,21-23,25-26H,4-14,16-18H2,1-3H3/t19?,21-,22?,23-/m1/s1. The Morgan fingerprint density at radius 1 is 1.18 bits per heavy atom. The lowest BCUT2D eigenvalue weighted by Crippen LogP contribution is -2.20. The van der Waals surface area contributed by atoms with Gasteiger partial charge in [-0.2, -0.15) is 0 Å². The molecule has 4 heteroatoms. The largest absolute Gasteiger partial charge is 0.466 e. The van der Waals surface area contributed by atoms with E-state index in [-0.39, 0.29) is 24.1 Å². The van der Waals surface area contributed by atoms with Gasteiger partial charge in [-0.3, -0.25) is 4.79 Å². The lowest BCUT2D eigenvalue weighted by molar-refractivity contribution is -0.143. The molecule has 4 atom stereocenters. The minimum Gasteiger partial charge on any atom is -0.466 e. The van der Waals surface area contributed by atoms with Gasteiger partial charge in [0.1, 0.15) is 0 Å². The van der Waals surface area contributed by atoms with E-state index in [0.717, 1.165) is 64.2 Å². The maximum Gasteiger partial charge on any atom is 0.305 e. The molecule has 0 bridgehead atoms. The number of aliphatic hydroxyl groups excluding tert-OH is 2. The molecule has 0 aromatic rings. The summed E-state index contributed by atoms with van der Waals surface area (Å²) >= 11 is 0. The Hall–Kier alpha value is -0.870. The molecule has 0 aliphatic heterocycles. The number of rotatable bonds is 15. The first-order chi connectivity index (χ1) is 13.5. The van der Waals surface area contributed by atoms with Gasteiger partial charge >= 0.3 is 5.97 Å². The van der Waals surface area contributed by atoms with E-state index in [1.54, 1.807) is 0 Å². The average Bonchev–Trinajstić information content (AvgIpc) is 3.03. The van der Waals surface area contributed by atoms with Gasteiger partial charge in [0, 0.05) is 12.3 Å². The van der Waals surface area contributed by atoms with Crippen LogP contribution in [0.4, 0.5) is 0 Å². The summed E-state index contributed by atoms with van der Waals surface area (Å²) in [5, 5.41) is 20.9. The SMILES string of the molecule is CCCCC(CC)C(O)CC=C1CC[C@@H](O)[C@@H]1CCCCCCC(=O)OCC. The van der Waals surface area contributed by atoms with Crippen LogP contribution in [0, 0.1) is 11.8 Å². The fraction of sp³-hybridized carbons (Fsp3) is 0.875. The minimum atomic E-state index is -0.259. The van der Waals surface area contributed by atoms with E-state index in [4.69, 9.17) is 4.74 Å². The highest BCUT2D eigenvalue weighted by Crippen LogP contribution is 2.36. The molecule has 0 aromatic carbocycles. The summed E-state index contributed by atoms with van der Waals surface area (Å²) in [7, 11) is 0. The molecule has 28 heavy (non-hydrogen) atoms. The Morgan fingerprint density at radius 2 is 1.93 bits per heavy atom. The van der Waals surface area contributed by atoms with E-state index in [0.29, 0.717) is 18.9 Å². The molecule has 1 aliphatic rings. The van der Waals surface area contributed by atoms with Gasteiger partial charge in [0.2, 0.25) is 0 Å². The number of ether oxygens (including phenoxy) is 1. The third kappa shape index (κ3) is 9.56. The Bertz CT molecular complexity index is 446. The zero-order chi connectivity index (χ0) is 20.8. The van der Waals surface area contributed by atoms with Crippen LogP contribution in [0.15, 0.2) is 11.6 Å². The highest BCUT2D eigenvalue weighted by Gasteiger charge is 2.29. The average molecular weight is 397 g/mol. The van der Waals surface area contributed by atoms with Gasteiger partial charge in [-0.1, -0.05) is 64.0 Å². The van der Waals surface area contributed by atoms with Crippen LogP contribution >= 0.6 is 0 Å². The lowest BCUT2D eigenvalue weighted by Gasteiger charge is -2.21. The second kappa shape index (κ2) is 15.0. The molecule has 2 unspecified atom stereocenters. The molecule has 0 amide bonds. The van der Waals surface area contributed by atoms with Gasteiger partial charge < -0.3 is 14.9 Å². The van der Waals surface area contributed by atoms with Crippen molar-refractivity contribution in [2.24, 2.45) is 11.8 Å². The first-order valence-corrected chi connectivity index (χ1v) is 11.7. The topological polar surface area (TPSA) is 66.8 Å². The molecular formula is C24H44O4. The van der Waals surface area contributed by atoms with E-state index in [9.17, 15) is 15.0 Å². The molecular weight excluding hydrogens is 352 g/mol. The van der Waals surface area contributed by atoms with Gasteiger partial charge in [-0.15, -0.1) is 0 Å². The normalized spacial score (nSPS) is 23.1. The lowest BCUT2D eigenvalue weighted by atomic mass is 9.89. The Morgan fingerprint density at radius 3 is 2.61 bits per heavy atom. The number of unbranched alkanes of at least 4 members (excludes halogenated alkanes) is 4. The van der Waals surface area contributed by atoms with Crippen LogP contribution in [0.25, 0.3) is 0 Å². The first kappa shape index (κ1) is 25.2. The smallest absolute Gasteiger partial charge is 0.305 e. The minimum absolute atomic E-state index is 0.0955. The third-order valence-corrected chi connectivity index (χ3v) is 6.24. The number of hydrogen-bond acceptors (Lipinski definition) is 4. The molecule has 0 heterocycles. The monoisotopic (exact) mass is 396 g/mol. The van der Waals surface area contributed by atoms with E-state index >= 15 is 0 Å². The molecule has 2 N–H and O–H groups in total. The molecule has 1 saturated carbocycles. The highest BCUT2D eigenvalue weighted by atomic mass is 16.5. The van der Waals surface area contributed by atoms with Crippen molar-refractivity contribution < 1.29 is 19.7 Å². The molecule has 4 nitrogen and oxygen atoms in total. The first-order valence-electron chi connectivity index (χ1n) is 11.7. The van der Waals surface area contributed by atoms with Crippen LogP contribution in [-0.4, -0.2) is 35.0 Å². The molecule has 0 aromatic heterocycles. The van der Waals surface area contributed by atoms with Crippen LogP contribution in [0.3, 0.4) is 0 Å². The summed E-state index contributed by atoms with van der Waals surface area (Å²) in [5.41, 5.74) is 1.35. The van der Waals surface area contributed by atoms with Crippen LogP contribution in [0.1, 0.15) is 104 Å². The highest BCUT2D eigenvalue weighted by molar-refractivity contribution is 5.69. The Balaban J connectivity index is 2.35. The predicted octanol–water partition coefficient (Wildman–Crippen LogP) is 5.55. The summed E-state index contributed by atoms with van der Waals surface area (Å²) in [5.74, 6) is 0.552. The fourth-order valence-electron chi connectivity index (χ4n) is 4.40. The van der Waals surface area contributed by atoms with Crippen molar-refractivity contribution in [2.75, 3.05) is 6.61 Å². The maximum atomic E-state index is 11.3. The molecule has 0 spiro atoms. The summed E-state index contributed by atoms with van der Waals surface area (Å²) in [6, 6.07) is 0. The van der Waals surface area contributed by atoms with Crippen LogP contribution < -0.4 is 0 Å². The van der Waals surface area contributed by atoms with Crippen molar-refractivity contribution in [3.8, 4) is 0 Å². The van der Waals surface area contributed by atoms with Gasteiger partial charge in [-0.25, -0.2) is 0 Å². The predicted molar refractivity (Wildman–Crippen MR) is 115 cm³/mol. The van der Waals surface area contributed by atoms with Crippen molar-refractivity contribution in [2.45, 2.75) is 116 Å². The van der Waals surface area contributed by atoms with Gasteiger partial charge in [0.25, 0.3) is 0 Å². The zero-order valence-corrected chi connectivity index (χ0v) is 18.5. The van der Waals surface area contributed by atoms with Crippen LogP contribution in [0.5, 0.6) is 0 Å². The Labute approximate surface area is 172 Å². The summed E-state index contributed by atoms with van der Waals surface area (Å²) in [6.07, 6.45) is 14.4. The molecule has 0 saturated heterocycles. The Kier molecular flexibility index (Phi) is 13.5.